The summed E-state index contributed by atoms with van der Waals surface area (Å²) in [6.45, 7) is 5.85. The lowest BCUT2D eigenvalue weighted by molar-refractivity contribution is 1.25. The van der Waals surface area contributed by atoms with E-state index in [0.29, 0.717) is 0 Å². The number of hydrogen-bond acceptors (Lipinski definition) is 1. The number of aromatic amines is 1. The molecule has 0 radical (unpaired) electrons. The Hall–Kier alpha value is -2.55. The van der Waals surface area contributed by atoms with Crippen molar-refractivity contribution >= 4 is 22.4 Å². The van der Waals surface area contributed by atoms with Crippen LogP contribution in [0.15, 0.2) is 61.3 Å². The van der Waals surface area contributed by atoms with Gasteiger partial charge in [0.25, 0.3) is 0 Å². The van der Waals surface area contributed by atoms with Crippen molar-refractivity contribution < 1.29 is 0 Å². The second kappa shape index (κ2) is 4.61. The Labute approximate surface area is 111 Å². The Kier molecular flexibility index (Phi) is 2.80. The largest absolute Gasteiger partial charge is 0.323 e. The average Bonchev–Trinajstić information content (AvgIpc) is 2.97. The van der Waals surface area contributed by atoms with E-state index >= 15 is 0 Å². The van der Waals surface area contributed by atoms with Crippen LogP contribution in [0.1, 0.15) is 12.6 Å². The molecule has 0 fully saturated rings. The fourth-order valence-electron chi connectivity index (χ4n) is 2.16. The lowest BCUT2D eigenvalue weighted by atomic mass is 10.2. The van der Waals surface area contributed by atoms with Crippen LogP contribution in [0.4, 0.5) is 0 Å². The highest BCUT2D eigenvalue weighted by atomic mass is 15.1. The van der Waals surface area contributed by atoms with Crippen molar-refractivity contribution in [1.29, 1.82) is 0 Å². The molecule has 3 aromatic rings. The molecule has 0 saturated heterocycles. The van der Waals surface area contributed by atoms with Gasteiger partial charge in [-0.2, -0.15) is 0 Å². The van der Waals surface area contributed by atoms with Gasteiger partial charge in [0.05, 0.1) is 16.7 Å². The lowest BCUT2D eigenvalue weighted by Gasteiger charge is -1.95. The van der Waals surface area contributed by atoms with E-state index in [1.54, 1.807) is 0 Å². The van der Waals surface area contributed by atoms with E-state index in [2.05, 4.69) is 33.2 Å². The lowest BCUT2D eigenvalue weighted by Crippen LogP contribution is -1.80. The highest BCUT2D eigenvalue weighted by molar-refractivity contribution is 5.81. The van der Waals surface area contributed by atoms with Crippen LogP contribution >= 0.6 is 0 Å². The number of nitrogens with zero attached hydrogens (tertiary/aromatic N) is 2. The number of benzene rings is 1. The Morgan fingerprint density at radius 2 is 2.21 bits per heavy atom. The summed E-state index contributed by atoms with van der Waals surface area (Å²) in [5, 5.41) is 0. The number of fused-ring (bicyclic) bond motifs is 3. The molecule has 0 unspecified atom stereocenters. The molecule has 0 atom stereocenters. The first-order valence-electron chi connectivity index (χ1n) is 6.25. The third-order valence-corrected chi connectivity index (χ3v) is 3.10. The Balaban J connectivity index is 2.19. The molecular formula is C16H15N3. The number of nitrogens with one attached hydrogen (secondary N) is 1. The van der Waals surface area contributed by atoms with Crippen molar-refractivity contribution in [1.82, 2.24) is 14.4 Å². The van der Waals surface area contributed by atoms with Gasteiger partial charge in [-0.25, -0.2) is 4.98 Å². The molecule has 19 heavy (non-hydrogen) atoms. The van der Waals surface area contributed by atoms with Gasteiger partial charge in [0, 0.05) is 6.20 Å². The number of para-hydroxylation sites is 2. The summed E-state index contributed by atoms with van der Waals surface area (Å²) >= 11 is 0. The van der Waals surface area contributed by atoms with E-state index in [0.717, 1.165) is 28.1 Å². The number of hydrogen-bond donors (Lipinski definition) is 1. The van der Waals surface area contributed by atoms with Crippen molar-refractivity contribution in [2.24, 2.45) is 0 Å². The van der Waals surface area contributed by atoms with Gasteiger partial charge in [0.15, 0.2) is 0 Å². The van der Waals surface area contributed by atoms with Gasteiger partial charge < -0.3 is 4.98 Å². The molecule has 2 heterocycles. The number of imidazole rings is 2. The average molecular weight is 249 g/mol. The van der Waals surface area contributed by atoms with Gasteiger partial charge in [0.1, 0.15) is 0 Å². The number of H-pyrrole nitrogens is 1. The number of aromatic nitrogens is 3. The first-order chi connectivity index (χ1) is 9.33. The predicted octanol–water partition coefficient (Wildman–Crippen LogP) is 3.96. The minimum absolute atomic E-state index is 0.851. The van der Waals surface area contributed by atoms with E-state index in [1.165, 1.54) is 0 Å². The summed E-state index contributed by atoms with van der Waals surface area (Å²) in [7, 11) is 0. The molecule has 0 bridgehead atoms. The van der Waals surface area contributed by atoms with Gasteiger partial charge in [-0.05, 0) is 24.6 Å². The van der Waals surface area contributed by atoms with E-state index < -0.39 is 0 Å². The Morgan fingerprint density at radius 3 is 3.00 bits per heavy atom. The summed E-state index contributed by atoms with van der Waals surface area (Å²) in [6.07, 6.45) is 9.92. The van der Waals surface area contributed by atoms with Crippen LogP contribution in [0.3, 0.4) is 0 Å². The molecule has 0 aliphatic rings. The molecule has 2 aromatic heterocycles. The minimum Gasteiger partial charge on any atom is -0.323 e. The molecule has 94 valence electrons. The monoisotopic (exact) mass is 249 g/mol. The third kappa shape index (κ3) is 1.89. The topological polar surface area (TPSA) is 33.1 Å². The minimum atomic E-state index is 0.851. The summed E-state index contributed by atoms with van der Waals surface area (Å²) in [5.74, 6) is 0.851. The van der Waals surface area contributed by atoms with Crippen LogP contribution in [0.2, 0.25) is 0 Å². The first-order valence-corrected chi connectivity index (χ1v) is 6.25. The highest BCUT2D eigenvalue weighted by Gasteiger charge is 2.08. The summed E-state index contributed by atoms with van der Waals surface area (Å²) in [6, 6.07) is 8.10. The first kappa shape index (κ1) is 11.5. The standard InChI is InChI=1S/C16H15N3/c1-3-5-8-12(4-2)14-11-19-15-10-7-6-9-13(15)17-16(19)18-14/h3-11H,2H2,1H3,(H,17,18)/b5-3-,12-8+. The zero-order valence-electron chi connectivity index (χ0n) is 10.8. The smallest absolute Gasteiger partial charge is 0.212 e. The van der Waals surface area contributed by atoms with Gasteiger partial charge in [-0.15, -0.1) is 0 Å². The molecule has 0 aliphatic heterocycles. The van der Waals surface area contributed by atoms with Gasteiger partial charge >= 0.3 is 0 Å². The van der Waals surface area contributed by atoms with Crippen LogP contribution < -0.4 is 0 Å². The quantitative estimate of drug-likeness (QED) is 0.700. The third-order valence-electron chi connectivity index (χ3n) is 3.10. The maximum Gasteiger partial charge on any atom is 0.212 e. The molecule has 3 heteroatoms. The van der Waals surface area contributed by atoms with E-state index in [1.807, 2.05) is 49.4 Å². The molecule has 3 rings (SSSR count). The van der Waals surface area contributed by atoms with Gasteiger partial charge in [0.2, 0.25) is 5.78 Å². The zero-order valence-corrected chi connectivity index (χ0v) is 10.8. The van der Waals surface area contributed by atoms with Crippen LogP contribution in [-0.4, -0.2) is 14.4 Å². The molecule has 0 spiro atoms. The maximum absolute atomic E-state index is 4.56. The molecule has 0 saturated carbocycles. The molecule has 1 aromatic carbocycles. The molecule has 0 aliphatic carbocycles. The van der Waals surface area contributed by atoms with Crippen molar-refractivity contribution in [3.63, 3.8) is 0 Å². The van der Waals surface area contributed by atoms with Crippen molar-refractivity contribution in [3.05, 3.63) is 67.0 Å². The molecule has 3 nitrogen and oxygen atoms in total. The second-order valence-electron chi connectivity index (χ2n) is 4.31. The molecule has 1 N–H and O–H groups in total. The van der Waals surface area contributed by atoms with Crippen molar-refractivity contribution in [2.75, 3.05) is 0 Å². The van der Waals surface area contributed by atoms with Crippen LogP contribution in [0, 0.1) is 0 Å². The normalized spacial score (nSPS) is 12.8. The van der Waals surface area contributed by atoms with E-state index in [9.17, 15) is 0 Å². The van der Waals surface area contributed by atoms with Crippen molar-refractivity contribution in [2.45, 2.75) is 6.92 Å². The Bertz CT molecular complexity index is 800. The molecular weight excluding hydrogens is 234 g/mol. The summed E-state index contributed by atoms with van der Waals surface area (Å²) in [5.41, 5.74) is 4.17. The fourth-order valence-corrected chi connectivity index (χ4v) is 2.16. The zero-order chi connectivity index (χ0) is 13.2. The van der Waals surface area contributed by atoms with E-state index in [-0.39, 0.29) is 0 Å². The van der Waals surface area contributed by atoms with E-state index in [4.69, 9.17) is 0 Å². The highest BCUT2D eigenvalue weighted by Crippen LogP contribution is 2.20. The molecule has 0 amide bonds. The van der Waals surface area contributed by atoms with Crippen LogP contribution in [0.25, 0.3) is 22.4 Å². The van der Waals surface area contributed by atoms with Crippen LogP contribution in [0.5, 0.6) is 0 Å². The fraction of sp³-hybridized carbons (Fsp3) is 0.0625. The Morgan fingerprint density at radius 1 is 1.37 bits per heavy atom. The summed E-state index contributed by atoms with van der Waals surface area (Å²) in [4.78, 5) is 7.88. The van der Waals surface area contributed by atoms with Gasteiger partial charge in [-0.3, -0.25) is 4.40 Å². The SMILES string of the molecule is C=C/C(=C\C=C/C)c1cn2c(nc3ccccc32)[nH]1. The maximum atomic E-state index is 4.56. The van der Waals surface area contributed by atoms with Crippen LogP contribution in [-0.2, 0) is 0 Å². The second-order valence-corrected chi connectivity index (χ2v) is 4.31. The number of allylic oxidation sites excluding steroid dienone is 5. The summed E-state index contributed by atoms with van der Waals surface area (Å²) < 4.78 is 2.07. The van der Waals surface area contributed by atoms with Crippen molar-refractivity contribution in [3.8, 4) is 0 Å². The predicted molar refractivity (Wildman–Crippen MR) is 80.0 cm³/mol. The van der Waals surface area contributed by atoms with Gasteiger partial charge in [-0.1, -0.05) is 43.0 Å². The number of rotatable bonds is 3.